The molecule has 0 radical (unpaired) electrons. The molecule has 150 valence electrons. The molecule has 2 heterocycles. The highest BCUT2D eigenvalue weighted by atomic mass is 35.5. The summed E-state index contributed by atoms with van der Waals surface area (Å²) in [4.78, 5) is 21.1. The smallest absolute Gasteiger partial charge is 0.327 e. The van der Waals surface area contributed by atoms with Crippen molar-refractivity contribution in [3.8, 4) is 11.3 Å². The molecule has 0 unspecified atom stereocenters. The van der Waals surface area contributed by atoms with Crippen LogP contribution in [0.5, 0.6) is 0 Å². The van der Waals surface area contributed by atoms with E-state index in [9.17, 15) is 17.6 Å². The second-order valence-electron chi connectivity index (χ2n) is 6.01. The zero-order valence-electron chi connectivity index (χ0n) is 15.2. The Hall–Kier alpha value is -2.56. The van der Waals surface area contributed by atoms with Gasteiger partial charge in [0.25, 0.3) is 0 Å². The number of allylic oxidation sites excluding steroid dienone is 1. The average molecular weight is 428 g/mol. The number of halogens is 2. The maximum Gasteiger partial charge on any atom is 0.330 e. The van der Waals surface area contributed by atoms with Crippen molar-refractivity contribution in [1.82, 2.24) is 19.1 Å². The van der Waals surface area contributed by atoms with Gasteiger partial charge in [-0.2, -0.15) is 0 Å². The number of hydrogen-bond acceptors (Lipinski definition) is 6. The van der Waals surface area contributed by atoms with E-state index >= 15 is 0 Å². The summed E-state index contributed by atoms with van der Waals surface area (Å²) in [6, 6.07) is 6.24. The average Bonchev–Trinajstić information content (AvgIpc) is 2.86. The molecule has 11 heteroatoms. The zero-order valence-corrected chi connectivity index (χ0v) is 16.8. The molecular formula is C17H19ClFN5O3S. The summed E-state index contributed by atoms with van der Waals surface area (Å²) in [5, 5.41) is 0. The van der Waals surface area contributed by atoms with E-state index in [2.05, 4.69) is 9.97 Å². The topological polar surface area (TPSA) is 113 Å². The Labute approximate surface area is 166 Å². The summed E-state index contributed by atoms with van der Waals surface area (Å²) >= 11 is 0. The van der Waals surface area contributed by atoms with Crippen molar-refractivity contribution in [2.75, 3.05) is 12.8 Å². The Morgan fingerprint density at radius 1 is 1.32 bits per heavy atom. The van der Waals surface area contributed by atoms with Gasteiger partial charge in [-0.15, -0.1) is 12.4 Å². The van der Waals surface area contributed by atoms with Crippen LogP contribution in [0.3, 0.4) is 0 Å². The van der Waals surface area contributed by atoms with Crippen LogP contribution in [0.25, 0.3) is 22.4 Å². The predicted molar refractivity (Wildman–Crippen MR) is 107 cm³/mol. The van der Waals surface area contributed by atoms with Gasteiger partial charge in [0.05, 0.1) is 17.1 Å². The number of benzene rings is 1. The fourth-order valence-electron chi connectivity index (χ4n) is 2.81. The molecule has 0 aliphatic carbocycles. The third-order valence-corrected chi connectivity index (χ3v) is 5.21. The zero-order chi connectivity index (χ0) is 19.8. The molecule has 2 aromatic heterocycles. The number of nitrogens with zero attached hydrogens (tertiary/aromatic N) is 4. The van der Waals surface area contributed by atoms with Crippen molar-refractivity contribution < 1.29 is 12.8 Å². The van der Waals surface area contributed by atoms with Crippen LogP contribution in [-0.2, 0) is 23.4 Å². The molecule has 0 atom stereocenters. The monoisotopic (exact) mass is 427 g/mol. The van der Waals surface area contributed by atoms with Crippen LogP contribution in [0.2, 0.25) is 0 Å². The first-order valence-electron chi connectivity index (χ1n) is 7.99. The minimum atomic E-state index is -3.41. The number of hydrogen-bond donors (Lipinski definition) is 1. The molecular weight excluding hydrogens is 409 g/mol. The molecule has 0 aliphatic heterocycles. The SMILES string of the molecule is Cl.Cn1c(=O)n(CC(F)=CCN)c2ncnc(-c3cccc(S(C)(=O)=O)c3)c21. The van der Waals surface area contributed by atoms with E-state index in [4.69, 9.17) is 5.73 Å². The highest BCUT2D eigenvalue weighted by molar-refractivity contribution is 7.90. The van der Waals surface area contributed by atoms with Gasteiger partial charge in [0.1, 0.15) is 17.7 Å². The van der Waals surface area contributed by atoms with Crippen molar-refractivity contribution in [3.63, 3.8) is 0 Å². The van der Waals surface area contributed by atoms with E-state index in [1.54, 1.807) is 12.1 Å². The molecule has 3 rings (SSSR count). The van der Waals surface area contributed by atoms with Gasteiger partial charge in [0.15, 0.2) is 15.5 Å². The van der Waals surface area contributed by atoms with Crippen LogP contribution >= 0.6 is 12.4 Å². The van der Waals surface area contributed by atoms with Gasteiger partial charge >= 0.3 is 5.69 Å². The van der Waals surface area contributed by atoms with E-state index in [1.165, 1.54) is 40.7 Å². The van der Waals surface area contributed by atoms with Crippen LogP contribution in [0.1, 0.15) is 0 Å². The van der Waals surface area contributed by atoms with Gasteiger partial charge in [0, 0.05) is 25.4 Å². The largest absolute Gasteiger partial charge is 0.330 e. The van der Waals surface area contributed by atoms with Crippen molar-refractivity contribution in [3.05, 3.63) is 53.0 Å². The van der Waals surface area contributed by atoms with E-state index < -0.39 is 21.4 Å². The first-order valence-corrected chi connectivity index (χ1v) is 9.88. The number of aryl methyl sites for hydroxylation is 1. The molecule has 3 aromatic rings. The maximum atomic E-state index is 13.9. The molecule has 0 bridgehead atoms. The van der Waals surface area contributed by atoms with Crippen LogP contribution in [-0.4, -0.2) is 40.3 Å². The molecule has 0 fully saturated rings. The number of rotatable bonds is 5. The summed E-state index contributed by atoms with van der Waals surface area (Å²) in [6.07, 6.45) is 3.55. The molecule has 0 saturated heterocycles. The second kappa shape index (κ2) is 8.21. The Morgan fingerprint density at radius 3 is 2.68 bits per heavy atom. The lowest BCUT2D eigenvalue weighted by molar-refractivity contribution is 0.546. The highest BCUT2D eigenvalue weighted by Crippen LogP contribution is 2.26. The Morgan fingerprint density at radius 2 is 2.04 bits per heavy atom. The van der Waals surface area contributed by atoms with Crippen molar-refractivity contribution in [2.24, 2.45) is 12.8 Å². The minimum Gasteiger partial charge on any atom is -0.327 e. The van der Waals surface area contributed by atoms with Gasteiger partial charge in [-0.3, -0.25) is 9.13 Å². The molecule has 0 amide bonds. The van der Waals surface area contributed by atoms with Crippen molar-refractivity contribution in [1.29, 1.82) is 0 Å². The van der Waals surface area contributed by atoms with Crippen molar-refractivity contribution in [2.45, 2.75) is 11.4 Å². The summed E-state index contributed by atoms with van der Waals surface area (Å²) in [7, 11) is -1.88. The summed E-state index contributed by atoms with van der Waals surface area (Å²) in [5.74, 6) is -0.550. The molecule has 28 heavy (non-hydrogen) atoms. The number of nitrogens with two attached hydrogens (primary N) is 1. The lowest BCUT2D eigenvalue weighted by atomic mass is 10.1. The number of imidazole rings is 1. The van der Waals surface area contributed by atoms with Crippen molar-refractivity contribution >= 4 is 33.4 Å². The van der Waals surface area contributed by atoms with E-state index in [-0.39, 0.29) is 36.0 Å². The lowest BCUT2D eigenvalue weighted by Crippen LogP contribution is -2.22. The second-order valence-corrected chi connectivity index (χ2v) is 8.02. The summed E-state index contributed by atoms with van der Waals surface area (Å²) in [6.45, 7) is -0.281. The summed E-state index contributed by atoms with van der Waals surface area (Å²) < 4.78 is 40.1. The van der Waals surface area contributed by atoms with Gasteiger partial charge in [-0.05, 0) is 18.2 Å². The van der Waals surface area contributed by atoms with Crippen LogP contribution in [0.15, 0.2) is 52.2 Å². The number of aromatic nitrogens is 4. The van der Waals surface area contributed by atoms with Gasteiger partial charge in [-0.25, -0.2) is 27.6 Å². The predicted octanol–water partition coefficient (Wildman–Crippen LogP) is 1.43. The Bertz CT molecular complexity index is 1220. The molecule has 8 nitrogen and oxygen atoms in total. The molecule has 0 spiro atoms. The molecule has 1 aromatic carbocycles. The van der Waals surface area contributed by atoms with E-state index in [1.807, 2.05) is 0 Å². The Balaban J connectivity index is 0.00000280. The highest BCUT2D eigenvalue weighted by Gasteiger charge is 2.19. The first-order chi connectivity index (χ1) is 12.7. The molecule has 2 N–H and O–H groups in total. The van der Waals surface area contributed by atoms with E-state index in [0.717, 1.165) is 6.26 Å². The maximum absolute atomic E-state index is 13.9. The van der Waals surface area contributed by atoms with Crippen LogP contribution in [0, 0.1) is 0 Å². The number of fused-ring (bicyclic) bond motifs is 1. The standard InChI is InChI=1S/C17H18FN5O3S.ClH/c1-22-15-14(11-4-3-5-13(8-11)27(2,25)26)20-10-21-16(15)23(17(22)24)9-12(18)6-7-19;/h3-6,8,10H,7,9,19H2,1-2H3;1H. The first kappa shape index (κ1) is 21.7. The van der Waals surface area contributed by atoms with Gasteiger partial charge in [0.2, 0.25) is 0 Å². The molecule has 0 saturated carbocycles. The number of sulfone groups is 1. The Kier molecular flexibility index (Phi) is 6.37. The third kappa shape index (κ3) is 3.98. The molecule has 0 aliphatic rings. The van der Waals surface area contributed by atoms with Gasteiger partial charge < -0.3 is 5.73 Å². The fourth-order valence-corrected chi connectivity index (χ4v) is 3.48. The minimum absolute atomic E-state index is 0. The van der Waals surface area contributed by atoms with Crippen LogP contribution in [0.4, 0.5) is 4.39 Å². The fraction of sp³-hybridized carbons (Fsp3) is 0.235. The quantitative estimate of drug-likeness (QED) is 0.659. The lowest BCUT2D eigenvalue weighted by Gasteiger charge is -2.06. The van der Waals surface area contributed by atoms with Gasteiger partial charge in [-0.1, -0.05) is 12.1 Å². The van der Waals surface area contributed by atoms with Crippen LogP contribution < -0.4 is 11.4 Å². The third-order valence-electron chi connectivity index (χ3n) is 4.10. The normalized spacial score (nSPS) is 12.2. The van der Waals surface area contributed by atoms with E-state index in [0.29, 0.717) is 16.8 Å². The summed E-state index contributed by atoms with van der Waals surface area (Å²) in [5.41, 5.74) is 6.36.